The third kappa shape index (κ3) is 14.6. The molecule has 1 aromatic rings. The number of carbonyl (C=O) groups excluding carboxylic acids is 1. The second kappa shape index (κ2) is 19.8. The highest BCUT2D eigenvalue weighted by atomic mass is 16.5. The first kappa shape index (κ1) is 23.6. The van der Waals surface area contributed by atoms with E-state index in [1.54, 1.807) is 0 Å². The smallest absolute Gasteiger partial charge is 0.302 e. The summed E-state index contributed by atoms with van der Waals surface area (Å²) in [4.78, 5) is 10.6. The molecule has 120 valence electrons. The van der Waals surface area contributed by atoms with Gasteiger partial charge in [-0.05, 0) is 24.6 Å². The van der Waals surface area contributed by atoms with Crippen molar-refractivity contribution in [2.45, 2.75) is 62.0 Å². The Morgan fingerprint density at radius 2 is 1.50 bits per heavy atom. The van der Waals surface area contributed by atoms with Crippen LogP contribution in [-0.2, 0) is 16.1 Å². The maximum Gasteiger partial charge on any atom is 0.302 e. The fraction of sp³-hybridized carbons (Fsp3) is 0.588. The molecule has 0 heterocycles. The number of hydrogen-bond donors (Lipinski definition) is 1. The van der Waals surface area contributed by atoms with Crippen LogP contribution in [0.25, 0.3) is 0 Å². The van der Waals surface area contributed by atoms with Gasteiger partial charge in [-0.15, -0.1) is 0 Å². The van der Waals surface area contributed by atoms with Crippen LogP contribution in [0.4, 0.5) is 5.69 Å². The molecule has 0 unspecified atom stereocenters. The van der Waals surface area contributed by atoms with Gasteiger partial charge in [0.15, 0.2) is 0 Å². The number of ether oxygens (including phenoxy) is 1. The molecule has 1 N–H and O–H groups in total. The summed E-state index contributed by atoms with van der Waals surface area (Å²) in [5.41, 5.74) is 2.08. The Morgan fingerprint density at radius 3 is 1.85 bits per heavy atom. The Labute approximate surface area is 127 Å². The minimum Gasteiger partial charge on any atom is -0.461 e. The Morgan fingerprint density at radius 1 is 1.05 bits per heavy atom. The van der Waals surface area contributed by atoms with Crippen LogP contribution in [0.3, 0.4) is 0 Å². The Kier molecular flexibility index (Phi) is 23.4. The Hall–Kier alpha value is -1.51. The van der Waals surface area contributed by atoms with Crippen LogP contribution >= 0.6 is 0 Å². The number of rotatable bonds is 4. The summed E-state index contributed by atoms with van der Waals surface area (Å²) in [7, 11) is 0. The van der Waals surface area contributed by atoms with Gasteiger partial charge in [-0.2, -0.15) is 0 Å². The van der Waals surface area contributed by atoms with E-state index in [2.05, 4.69) is 5.32 Å². The quantitative estimate of drug-likeness (QED) is 0.742. The van der Waals surface area contributed by atoms with Crippen molar-refractivity contribution in [3.8, 4) is 0 Å². The lowest BCUT2D eigenvalue weighted by Gasteiger charge is -2.05. The third-order valence-corrected chi connectivity index (χ3v) is 1.78. The highest BCUT2D eigenvalue weighted by Crippen LogP contribution is 2.09. The number of nitrogens with one attached hydrogen (secondary N) is 1. The summed E-state index contributed by atoms with van der Waals surface area (Å²) in [6, 6.07) is 7.84. The molecule has 1 rings (SSSR count). The second-order valence-corrected chi connectivity index (χ2v) is 3.01. The zero-order valence-corrected chi connectivity index (χ0v) is 14.5. The lowest BCUT2D eigenvalue weighted by molar-refractivity contribution is -0.142. The monoisotopic (exact) mass is 285 g/mol. The molecule has 3 nitrogen and oxygen atoms in total. The molecule has 0 aliphatic heterocycles. The van der Waals surface area contributed by atoms with Crippen molar-refractivity contribution in [1.82, 2.24) is 0 Å². The van der Waals surface area contributed by atoms with Gasteiger partial charge in [0.05, 0.1) is 0 Å². The predicted molar refractivity (Wildman–Crippen MR) is 92.2 cm³/mol. The summed E-state index contributed by atoms with van der Waals surface area (Å²) in [6.07, 6.45) is 0. The molecular formula is C17H35NO2. The van der Waals surface area contributed by atoms with Gasteiger partial charge in [0.1, 0.15) is 6.61 Å². The highest BCUT2D eigenvalue weighted by molar-refractivity contribution is 5.65. The van der Waals surface area contributed by atoms with Crippen molar-refractivity contribution in [2.75, 3.05) is 11.9 Å². The highest BCUT2D eigenvalue weighted by Gasteiger charge is 1.96. The van der Waals surface area contributed by atoms with Gasteiger partial charge in [-0.3, -0.25) is 4.79 Å². The van der Waals surface area contributed by atoms with Crippen molar-refractivity contribution in [1.29, 1.82) is 0 Å². The van der Waals surface area contributed by atoms with E-state index in [9.17, 15) is 4.79 Å². The fourth-order valence-corrected chi connectivity index (χ4v) is 1.11. The summed E-state index contributed by atoms with van der Waals surface area (Å²) < 4.78 is 4.87. The molecule has 0 bridgehead atoms. The first-order valence-electron chi connectivity index (χ1n) is 7.68. The molecule has 3 heteroatoms. The van der Waals surface area contributed by atoms with Crippen LogP contribution < -0.4 is 5.32 Å². The first-order chi connectivity index (χ1) is 9.72. The lowest BCUT2D eigenvalue weighted by Crippen LogP contribution is -1.99. The van der Waals surface area contributed by atoms with Crippen LogP contribution in [-0.4, -0.2) is 12.5 Å². The van der Waals surface area contributed by atoms with Gasteiger partial charge in [0.25, 0.3) is 0 Å². The molecule has 0 saturated carbocycles. The molecule has 0 aromatic heterocycles. The first-order valence-corrected chi connectivity index (χ1v) is 7.68. The van der Waals surface area contributed by atoms with Crippen molar-refractivity contribution in [3.05, 3.63) is 29.8 Å². The molecule has 0 amide bonds. The minimum absolute atomic E-state index is 0. The number of esters is 1. The molecular weight excluding hydrogens is 250 g/mol. The fourth-order valence-electron chi connectivity index (χ4n) is 1.11. The maximum absolute atomic E-state index is 10.6. The average molecular weight is 285 g/mol. The van der Waals surface area contributed by atoms with Gasteiger partial charge in [-0.1, -0.05) is 53.7 Å². The second-order valence-electron chi connectivity index (χ2n) is 3.01. The molecule has 0 saturated heterocycles. The largest absolute Gasteiger partial charge is 0.461 e. The zero-order chi connectivity index (χ0) is 16.4. The lowest BCUT2D eigenvalue weighted by atomic mass is 10.2. The van der Waals surface area contributed by atoms with E-state index in [4.69, 9.17) is 4.74 Å². The standard InChI is InChI=1S/C11H15NO2.3C2H6.H2/c1-3-12-11-6-4-10(5-7-11)8-14-9(2)13;3*1-2;/h4-7,12H,3,8H2,1-2H3;3*1-2H3;1H. The number of anilines is 1. The average Bonchev–Trinajstić information content (AvgIpc) is 2.53. The molecule has 0 atom stereocenters. The van der Waals surface area contributed by atoms with Crippen LogP contribution in [0.5, 0.6) is 0 Å². The van der Waals surface area contributed by atoms with Gasteiger partial charge < -0.3 is 10.1 Å². The zero-order valence-electron chi connectivity index (χ0n) is 14.5. The normalized spacial score (nSPS) is 7.60. The molecule has 0 aliphatic rings. The molecule has 20 heavy (non-hydrogen) atoms. The van der Waals surface area contributed by atoms with Crippen LogP contribution in [0.2, 0.25) is 0 Å². The van der Waals surface area contributed by atoms with E-state index in [-0.39, 0.29) is 7.40 Å². The summed E-state index contributed by atoms with van der Waals surface area (Å²) in [5, 5.41) is 3.19. The Bertz CT molecular complexity index is 300. The van der Waals surface area contributed by atoms with Crippen LogP contribution in [0, 0.1) is 0 Å². The Balaban J connectivity index is -0.000000183. The van der Waals surface area contributed by atoms with Crippen LogP contribution in [0.15, 0.2) is 24.3 Å². The van der Waals surface area contributed by atoms with Gasteiger partial charge in [0.2, 0.25) is 0 Å². The number of benzene rings is 1. The van der Waals surface area contributed by atoms with Crippen molar-refractivity contribution in [2.24, 2.45) is 0 Å². The van der Waals surface area contributed by atoms with Gasteiger partial charge >= 0.3 is 5.97 Å². The summed E-state index contributed by atoms with van der Waals surface area (Å²) in [6.45, 7) is 16.7. The molecule has 0 aliphatic carbocycles. The van der Waals surface area contributed by atoms with Crippen molar-refractivity contribution in [3.63, 3.8) is 0 Å². The minimum atomic E-state index is -0.249. The van der Waals surface area contributed by atoms with Crippen LogP contribution in [0.1, 0.15) is 62.4 Å². The molecule has 0 radical (unpaired) electrons. The SMILES string of the molecule is CC.CC.CC.CCNc1ccc(COC(C)=O)cc1.[HH]. The van der Waals surface area contributed by atoms with E-state index >= 15 is 0 Å². The van der Waals surface area contributed by atoms with E-state index in [1.165, 1.54) is 6.92 Å². The number of carbonyl (C=O) groups is 1. The van der Waals surface area contributed by atoms with E-state index in [1.807, 2.05) is 72.7 Å². The molecule has 0 spiro atoms. The van der Waals surface area contributed by atoms with E-state index < -0.39 is 0 Å². The topological polar surface area (TPSA) is 38.3 Å². The molecule has 0 fully saturated rings. The van der Waals surface area contributed by atoms with Gasteiger partial charge in [0, 0.05) is 20.6 Å². The summed E-state index contributed by atoms with van der Waals surface area (Å²) >= 11 is 0. The van der Waals surface area contributed by atoms with Crippen molar-refractivity contribution >= 4 is 11.7 Å². The van der Waals surface area contributed by atoms with E-state index in [0.717, 1.165) is 17.8 Å². The summed E-state index contributed by atoms with van der Waals surface area (Å²) in [5.74, 6) is -0.249. The van der Waals surface area contributed by atoms with Crippen molar-refractivity contribution < 1.29 is 11.0 Å². The maximum atomic E-state index is 10.6. The van der Waals surface area contributed by atoms with Gasteiger partial charge in [-0.25, -0.2) is 0 Å². The number of hydrogen-bond acceptors (Lipinski definition) is 3. The third-order valence-electron chi connectivity index (χ3n) is 1.78. The predicted octanol–water partition coefficient (Wildman–Crippen LogP) is 5.51. The van der Waals surface area contributed by atoms with E-state index in [0.29, 0.717) is 6.61 Å². The molecule has 1 aromatic carbocycles.